The lowest BCUT2D eigenvalue weighted by Gasteiger charge is -2.18. The van der Waals surface area contributed by atoms with E-state index in [-0.39, 0.29) is 18.4 Å². The van der Waals surface area contributed by atoms with Gasteiger partial charge in [0.15, 0.2) is 11.5 Å². The van der Waals surface area contributed by atoms with E-state index in [2.05, 4.69) is 19.2 Å². The molecule has 3 N–H and O–H groups in total. The lowest BCUT2D eigenvalue weighted by molar-refractivity contribution is 0.240. The first-order chi connectivity index (χ1) is 8.08. The fraction of sp³-hybridized carbons (Fsp3) is 0.538. The second-order valence-corrected chi connectivity index (χ2v) is 4.47. The van der Waals surface area contributed by atoms with E-state index in [0.29, 0.717) is 11.7 Å². The summed E-state index contributed by atoms with van der Waals surface area (Å²) in [5.41, 5.74) is 0.853. The zero-order valence-corrected chi connectivity index (χ0v) is 10.6. The van der Waals surface area contributed by atoms with Gasteiger partial charge in [-0.3, -0.25) is 0 Å². The van der Waals surface area contributed by atoms with Gasteiger partial charge in [0.2, 0.25) is 0 Å². The number of hydrogen-bond donors (Lipinski definition) is 3. The molecule has 17 heavy (non-hydrogen) atoms. The highest BCUT2D eigenvalue weighted by molar-refractivity contribution is 5.42. The summed E-state index contributed by atoms with van der Waals surface area (Å²) in [6.45, 7) is 5.02. The summed E-state index contributed by atoms with van der Waals surface area (Å²) >= 11 is 0. The van der Waals surface area contributed by atoms with E-state index in [0.717, 1.165) is 12.1 Å². The van der Waals surface area contributed by atoms with E-state index < -0.39 is 0 Å². The molecule has 1 rings (SSSR count). The second-order valence-electron chi connectivity index (χ2n) is 4.47. The van der Waals surface area contributed by atoms with Crippen LogP contribution in [0.2, 0.25) is 0 Å². The fourth-order valence-corrected chi connectivity index (χ4v) is 1.59. The average Bonchev–Trinajstić information content (AvgIpc) is 2.29. The van der Waals surface area contributed by atoms with Crippen LogP contribution in [0, 0.1) is 5.92 Å². The molecule has 1 unspecified atom stereocenters. The first-order valence-corrected chi connectivity index (χ1v) is 5.79. The van der Waals surface area contributed by atoms with Crippen LogP contribution in [0.5, 0.6) is 11.5 Å². The molecule has 4 heteroatoms. The lowest BCUT2D eigenvalue weighted by atomic mass is 10.1. The molecule has 0 radical (unpaired) electrons. The van der Waals surface area contributed by atoms with E-state index in [1.807, 2.05) is 6.07 Å². The van der Waals surface area contributed by atoms with Crippen LogP contribution in [0.1, 0.15) is 25.5 Å². The zero-order chi connectivity index (χ0) is 12.8. The van der Waals surface area contributed by atoms with Crippen LogP contribution in [0.15, 0.2) is 18.2 Å². The SMILES string of the molecule is COc1ccc(C(CO)NCC(C)C)cc1O. The number of ether oxygens (including phenoxy) is 1. The molecule has 4 nitrogen and oxygen atoms in total. The first-order valence-electron chi connectivity index (χ1n) is 5.79. The molecule has 0 aromatic heterocycles. The first kappa shape index (κ1) is 13.8. The largest absolute Gasteiger partial charge is 0.504 e. The van der Waals surface area contributed by atoms with Crippen LogP contribution in [0.4, 0.5) is 0 Å². The normalized spacial score (nSPS) is 12.8. The van der Waals surface area contributed by atoms with Crippen molar-refractivity contribution >= 4 is 0 Å². The number of aliphatic hydroxyl groups is 1. The van der Waals surface area contributed by atoms with Crippen molar-refractivity contribution < 1.29 is 14.9 Å². The predicted octanol–water partition coefficient (Wildman–Crippen LogP) is 1.68. The van der Waals surface area contributed by atoms with Crippen molar-refractivity contribution in [1.82, 2.24) is 5.32 Å². The maximum Gasteiger partial charge on any atom is 0.160 e. The minimum absolute atomic E-state index is 0.00150. The monoisotopic (exact) mass is 239 g/mol. The molecule has 1 aromatic carbocycles. The molecule has 0 aliphatic heterocycles. The van der Waals surface area contributed by atoms with E-state index in [1.165, 1.54) is 7.11 Å². The minimum Gasteiger partial charge on any atom is -0.504 e. The number of phenolic OH excluding ortho intramolecular Hbond substituents is 1. The number of hydrogen-bond acceptors (Lipinski definition) is 4. The van der Waals surface area contributed by atoms with E-state index >= 15 is 0 Å². The topological polar surface area (TPSA) is 61.7 Å². The van der Waals surface area contributed by atoms with Gasteiger partial charge in [0.25, 0.3) is 0 Å². The quantitative estimate of drug-likeness (QED) is 0.707. The maximum atomic E-state index is 9.68. The average molecular weight is 239 g/mol. The van der Waals surface area contributed by atoms with Crippen LogP contribution in [0.25, 0.3) is 0 Å². The zero-order valence-electron chi connectivity index (χ0n) is 10.6. The summed E-state index contributed by atoms with van der Waals surface area (Å²) in [5, 5.41) is 22.3. The van der Waals surface area contributed by atoms with Gasteiger partial charge in [-0.15, -0.1) is 0 Å². The van der Waals surface area contributed by atoms with Crippen molar-refractivity contribution in [2.45, 2.75) is 19.9 Å². The van der Waals surface area contributed by atoms with E-state index in [9.17, 15) is 10.2 Å². The van der Waals surface area contributed by atoms with E-state index in [4.69, 9.17) is 4.74 Å². The van der Waals surface area contributed by atoms with Gasteiger partial charge in [-0.2, -0.15) is 0 Å². The smallest absolute Gasteiger partial charge is 0.160 e. The molecule has 0 saturated carbocycles. The van der Waals surface area contributed by atoms with Crippen molar-refractivity contribution in [3.8, 4) is 11.5 Å². The molecule has 0 heterocycles. The Kier molecular flexibility index (Phi) is 5.25. The maximum absolute atomic E-state index is 9.68. The molecule has 0 amide bonds. The van der Waals surface area contributed by atoms with Gasteiger partial charge in [0, 0.05) is 0 Å². The number of aromatic hydroxyl groups is 1. The molecule has 0 spiro atoms. The van der Waals surface area contributed by atoms with Crippen molar-refractivity contribution in [3.63, 3.8) is 0 Å². The molecular formula is C13H21NO3. The number of methoxy groups -OCH3 is 1. The van der Waals surface area contributed by atoms with E-state index in [1.54, 1.807) is 12.1 Å². The highest BCUT2D eigenvalue weighted by Crippen LogP contribution is 2.28. The third kappa shape index (κ3) is 3.91. The summed E-state index contributed by atoms with van der Waals surface area (Å²) < 4.78 is 4.98. The van der Waals surface area contributed by atoms with Crippen LogP contribution in [-0.4, -0.2) is 30.5 Å². The van der Waals surface area contributed by atoms with Crippen LogP contribution < -0.4 is 10.1 Å². The Hall–Kier alpha value is -1.26. The molecule has 1 atom stereocenters. The molecule has 0 aliphatic carbocycles. The standard InChI is InChI=1S/C13H21NO3/c1-9(2)7-14-11(8-15)10-4-5-13(17-3)12(16)6-10/h4-6,9,11,14-16H,7-8H2,1-3H3. The van der Waals surface area contributed by atoms with Crippen LogP contribution in [0.3, 0.4) is 0 Å². The van der Waals surface area contributed by atoms with Gasteiger partial charge >= 0.3 is 0 Å². The molecule has 0 bridgehead atoms. The molecule has 1 aromatic rings. The number of aliphatic hydroxyl groups excluding tert-OH is 1. The number of benzene rings is 1. The van der Waals surface area contributed by atoms with Crippen LogP contribution >= 0.6 is 0 Å². The number of rotatable bonds is 6. The van der Waals surface area contributed by atoms with Crippen molar-refractivity contribution in [1.29, 1.82) is 0 Å². The Balaban J connectivity index is 2.78. The van der Waals surface area contributed by atoms with Gasteiger partial charge in [-0.25, -0.2) is 0 Å². The molecule has 0 fully saturated rings. The molecule has 96 valence electrons. The Labute approximate surface area is 102 Å². The molecular weight excluding hydrogens is 218 g/mol. The lowest BCUT2D eigenvalue weighted by Crippen LogP contribution is -2.27. The summed E-state index contributed by atoms with van der Waals surface area (Å²) in [7, 11) is 1.51. The Morgan fingerprint density at radius 2 is 2.06 bits per heavy atom. The summed E-state index contributed by atoms with van der Waals surface area (Å²) in [6, 6.07) is 5.00. The third-order valence-corrected chi connectivity index (χ3v) is 2.56. The molecule has 0 aliphatic rings. The summed E-state index contributed by atoms with van der Waals surface area (Å²) in [5.74, 6) is 1.04. The highest BCUT2D eigenvalue weighted by atomic mass is 16.5. The van der Waals surface area contributed by atoms with Crippen molar-refractivity contribution in [2.75, 3.05) is 20.3 Å². The minimum atomic E-state index is -0.158. The van der Waals surface area contributed by atoms with Gasteiger partial charge in [-0.05, 0) is 30.2 Å². The third-order valence-electron chi connectivity index (χ3n) is 2.56. The number of phenols is 1. The summed E-state index contributed by atoms with van der Waals surface area (Å²) in [6.07, 6.45) is 0. The van der Waals surface area contributed by atoms with Crippen molar-refractivity contribution in [2.24, 2.45) is 5.92 Å². The second kappa shape index (κ2) is 6.47. The van der Waals surface area contributed by atoms with Crippen LogP contribution in [-0.2, 0) is 0 Å². The Bertz CT molecular complexity index is 353. The molecule has 0 saturated heterocycles. The van der Waals surface area contributed by atoms with Gasteiger partial charge in [-0.1, -0.05) is 19.9 Å². The van der Waals surface area contributed by atoms with Crippen molar-refractivity contribution in [3.05, 3.63) is 23.8 Å². The summed E-state index contributed by atoms with van der Waals surface area (Å²) in [4.78, 5) is 0. The van der Waals surface area contributed by atoms with Gasteiger partial charge in [0.1, 0.15) is 0 Å². The van der Waals surface area contributed by atoms with Gasteiger partial charge in [0.05, 0.1) is 19.8 Å². The number of nitrogens with one attached hydrogen (secondary N) is 1. The Morgan fingerprint density at radius 3 is 2.53 bits per heavy atom. The van der Waals surface area contributed by atoms with Gasteiger partial charge < -0.3 is 20.3 Å². The predicted molar refractivity (Wildman–Crippen MR) is 67.3 cm³/mol. The fourth-order valence-electron chi connectivity index (χ4n) is 1.59. The highest BCUT2D eigenvalue weighted by Gasteiger charge is 2.12. The Morgan fingerprint density at radius 1 is 1.35 bits per heavy atom.